The number of carboxylic acids is 1. The Morgan fingerprint density at radius 1 is 0.431 bits per heavy atom. The monoisotopic (exact) mass is 1020 g/mol. The number of aliphatic carboxylic acids is 1. The smallest absolute Gasteiger partial charge is 0.335 e. The topological polar surface area (TPSA) is 169 Å². The number of esters is 2. The van der Waals surface area contributed by atoms with Gasteiger partial charge in [0.25, 0.3) is 0 Å². The van der Waals surface area contributed by atoms with E-state index in [0.717, 1.165) is 44.9 Å². The number of aliphatic hydroxyl groups excluding tert-OH is 3. The molecule has 11 nitrogen and oxygen atoms in total. The molecule has 6 atom stereocenters. The lowest BCUT2D eigenvalue weighted by molar-refractivity contribution is -0.298. The SMILES string of the molecule is CCCCCCC/C=C\C/C=C\CCCCCCCCCCCCCC(=O)OCC(COC1OC(C(=O)O)C(O)C(O)C1O)OC(=O)CCCCCCCCCCCCC/C=C\CCCCCCCCCC. The fourth-order valence-electron chi connectivity index (χ4n) is 9.26. The number of aliphatic hydroxyl groups is 3. The third-order valence-electron chi connectivity index (χ3n) is 14.0. The molecule has 1 aliphatic heterocycles. The molecule has 0 aliphatic carbocycles. The minimum Gasteiger partial charge on any atom is -0.479 e. The highest BCUT2D eigenvalue weighted by atomic mass is 16.7. The largest absolute Gasteiger partial charge is 0.479 e. The first-order valence-corrected chi connectivity index (χ1v) is 30.0. The lowest BCUT2D eigenvalue weighted by Crippen LogP contribution is -2.60. The maximum atomic E-state index is 12.9. The van der Waals surface area contributed by atoms with Crippen molar-refractivity contribution in [1.82, 2.24) is 0 Å². The van der Waals surface area contributed by atoms with Crippen LogP contribution in [0.3, 0.4) is 0 Å². The van der Waals surface area contributed by atoms with Gasteiger partial charge in [-0.25, -0.2) is 4.79 Å². The highest BCUT2D eigenvalue weighted by Gasteiger charge is 2.47. The molecule has 0 spiro atoms. The molecular weight excluding hydrogens is 909 g/mol. The van der Waals surface area contributed by atoms with E-state index < -0.39 is 54.7 Å². The Balaban J connectivity index is 2.22. The maximum absolute atomic E-state index is 12.9. The van der Waals surface area contributed by atoms with Gasteiger partial charge in [-0.3, -0.25) is 9.59 Å². The van der Waals surface area contributed by atoms with Gasteiger partial charge in [-0.2, -0.15) is 0 Å². The summed E-state index contributed by atoms with van der Waals surface area (Å²) in [6.45, 7) is 3.86. The number of carbonyl (C=O) groups excluding carboxylic acids is 2. The number of rotatable bonds is 52. The summed E-state index contributed by atoms with van der Waals surface area (Å²) in [6, 6.07) is 0. The van der Waals surface area contributed by atoms with Crippen LogP contribution < -0.4 is 0 Å². The van der Waals surface area contributed by atoms with Gasteiger partial charge in [-0.15, -0.1) is 0 Å². The van der Waals surface area contributed by atoms with Crippen molar-refractivity contribution in [2.45, 2.75) is 320 Å². The first-order valence-electron chi connectivity index (χ1n) is 30.0. The summed E-state index contributed by atoms with van der Waals surface area (Å²) in [5.74, 6) is -2.43. The van der Waals surface area contributed by atoms with Gasteiger partial charge in [0.05, 0.1) is 6.61 Å². The van der Waals surface area contributed by atoms with Gasteiger partial charge in [0.1, 0.15) is 24.9 Å². The lowest BCUT2D eigenvalue weighted by Gasteiger charge is -2.38. The molecule has 0 radical (unpaired) electrons. The molecule has 0 amide bonds. The number of carbonyl (C=O) groups is 3. The van der Waals surface area contributed by atoms with Crippen molar-refractivity contribution < 1.29 is 53.8 Å². The number of allylic oxidation sites excluding steroid dienone is 6. The van der Waals surface area contributed by atoms with E-state index in [1.807, 2.05) is 0 Å². The van der Waals surface area contributed by atoms with E-state index in [9.17, 15) is 34.8 Å². The average Bonchev–Trinajstić information content (AvgIpc) is 3.37. The van der Waals surface area contributed by atoms with Gasteiger partial charge in [0, 0.05) is 12.8 Å². The van der Waals surface area contributed by atoms with Crippen LogP contribution in [0.4, 0.5) is 0 Å². The minimum atomic E-state index is -1.86. The highest BCUT2D eigenvalue weighted by molar-refractivity contribution is 5.73. The second-order valence-corrected chi connectivity index (χ2v) is 20.8. The molecular formula is C61H110O11. The number of ether oxygens (including phenoxy) is 4. The van der Waals surface area contributed by atoms with Crippen LogP contribution in [0.15, 0.2) is 36.5 Å². The normalized spacial score (nSPS) is 18.7. The van der Waals surface area contributed by atoms with E-state index in [-0.39, 0.29) is 26.1 Å². The van der Waals surface area contributed by atoms with Gasteiger partial charge < -0.3 is 39.4 Å². The molecule has 1 heterocycles. The summed E-state index contributed by atoms with van der Waals surface area (Å²) in [5.41, 5.74) is 0. The number of hydrogen-bond acceptors (Lipinski definition) is 10. The van der Waals surface area contributed by atoms with Gasteiger partial charge in [-0.05, 0) is 70.6 Å². The summed E-state index contributed by atoms with van der Waals surface area (Å²) in [7, 11) is 0. The van der Waals surface area contributed by atoms with Crippen LogP contribution in [0.5, 0.6) is 0 Å². The molecule has 0 aromatic heterocycles. The van der Waals surface area contributed by atoms with Crippen molar-refractivity contribution in [3.05, 3.63) is 36.5 Å². The fraction of sp³-hybridized carbons (Fsp3) is 0.852. The van der Waals surface area contributed by atoms with Crippen molar-refractivity contribution in [2.75, 3.05) is 13.2 Å². The van der Waals surface area contributed by atoms with Crippen molar-refractivity contribution in [2.24, 2.45) is 0 Å². The highest BCUT2D eigenvalue weighted by Crippen LogP contribution is 2.23. The molecule has 1 rings (SSSR count). The molecule has 0 bridgehead atoms. The van der Waals surface area contributed by atoms with Gasteiger partial charge in [0.15, 0.2) is 18.5 Å². The molecule has 0 saturated carbocycles. The van der Waals surface area contributed by atoms with E-state index in [1.165, 1.54) is 199 Å². The molecule has 11 heteroatoms. The molecule has 1 aliphatic rings. The van der Waals surface area contributed by atoms with Crippen molar-refractivity contribution in [1.29, 1.82) is 0 Å². The summed E-state index contributed by atoms with van der Waals surface area (Å²) < 4.78 is 21.9. The molecule has 0 aromatic carbocycles. The number of hydrogen-bond donors (Lipinski definition) is 4. The Hall–Kier alpha value is -2.57. The van der Waals surface area contributed by atoms with Gasteiger partial charge in [0.2, 0.25) is 0 Å². The Bertz CT molecular complexity index is 1330. The zero-order chi connectivity index (χ0) is 52.4. The Kier molecular flexibility index (Phi) is 47.4. The minimum absolute atomic E-state index is 0.184. The first kappa shape index (κ1) is 67.4. The molecule has 1 saturated heterocycles. The third kappa shape index (κ3) is 40.8. The number of unbranched alkanes of at least 4 members (excludes halogenated alkanes) is 35. The predicted molar refractivity (Wildman–Crippen MR) is 294 cm³/mol. The summed E-state index contributed by atoms with van der Waals surface area (Å²) in [6.07, 6.45) is 53.4. The van der Waals surface area contributed by atoms with Gasteiger partial charge >= 0.3 is 17.9 Å². The van der Waals surface area contributed by atoms with Crippen LogP contribution in [0, 0.1) is 0 Å². The standard InChI is InChI=1S/C61H110O11/c1-3-5-7-9-11-13-15-17-19-21-23-25-27-29-31-33-35-37-39-41-43-45-47-49-54(62)69-51-53(52-70-61-58(66)56(64)57(65)59(72-61)60(67)68)71-55(63)50-48-46-44-42-40-38-36-34-32-30-28-26-24-22-20-18-16-14-12-10-8-6-4-2/h15,17,21-24,53,56-59,61,64-66H,3-14,16,18-20,25-52H2,1-2H3,(H,67,68)/b17-15-,23-21-,24-22-. The van der Waals surface area contributed by atoms with E-state index in [2.05, 4.69) is 50.3 Å². The zero-order valence-electron chi connectivity index (χ0n) is 46.2. The molecule has 420 valence electrons. The summed E-state index contributed by atoms with van der Waals surface area (Å²) in [4.78, 5) is 37.2. The second-order valence-electron chi connectivity index (χ2n) is 20.8. The van der Waals surface area contributed by atoms with Crippen LogP contribution in [0.25, 0.3) is 0 Å². The molecule has 1 fully saturated rings. The molecule has 0 aromatic rings. The van der Waals surface area contributed by atoms with Crippen LogP contribution >= 0.6 is 0 Å². The van der Waals surface area contributed by atoms with Crippen LogP contribution in [0.2, 0.25) is 0 Å². The Labute approximate surface area is 440 Å². The average molecular weight is 1020 g/mol. The second kappa shape index (κ2) is 50.6. The van der Waals surface area contributed by atoms with E-state index in [1.54, 1.807) is 0 Å². The van der Waals surface area contributed by atoms with Crippen LogP contribution in [-0.4, -0.2) is 88.4 Å². The van der Waals surface area contributed by atoms with E-state index >= 15 is 0 Å². The summed E-state index contributed by atoms with van der Waals surface area (Å²) >= 11 is 0. The lowest BCUT2D eigenvalue weighted by atomic mass is 9.99. The van der Waals surface area contributed by atoms with Gasteiger partial charge in [-0.1, -0.05) is 237 Å². The fourth-order valence-corrected chi connectivity index (χ4v) is 9.26. The van der Waals surface area contributed by atoms with Crippen molar-refractivity contribution in [3.63, 3.8) is 0 Å². The molecule has 6 unspecified atom stereocenters. The molecule has 72 heavy (non-hydrogen) atoms. The molecule has 4 N–H and O–H groups in total. The number of carboxylic acid groups (broad SMARTS) is 1. The Morgan fingerprint density at radius 2 is 0.778 bits per heavy atom. The Morgan fingerprint density at radius 3 is 1.17 bits per heavy atom. The van der Waals surface area contributed by atoms with E-state index in [4.69, 9.17) is 18.9 Å². The van der Waals surface area contributed by atoms with Crippen molar-refractivity contribution in [3.8, 4) is 0 Å². The van der Waals surface area contributed by atoms with Crippen molar-refractivity contribution >= 4 is 17.9 Å². The van der Waals surface area contributed by atoms with E-state index in [0.29, 0.717) is 12.8 Å². The zero-order valence-corrected chi connectivity index (χ0v) is 46.2. The summed E-state index contributed by atoms with van der Waals surface area (Å²) in [5, 5.41) is 40.1. The third-order valence-corrected chi connectivity index (χ3v) is 14.0. The van der Waals surface area contributed by atoms with Crippen LogP contribution in [0.1, 0.15) is 284 Å². The predicted octanol–water partition coefficient (Wildman–Crippen LogP) is 15.4. The first-order chi connectivity index (χ1) is 35.2. The quantitative estimate of drug-likeness (QED) is 0.0260. The maximum Gasteiger partial charge on any atom is 0.335 e. The van der Waals surface area contributed by atoms with Crippen LogP contribution in [-0.2, 0) is 33.3 Å².